The van der Waals surface area contributed by atoms with Crippen LogP contribution in [-0.2, 0) is 11.8 Å². The topological polar surface area (TPSA) is 3.24 Å². The molecular weight excluding hydrogens is 470 g/mol. The molecule has 0 aromatic heterocycles. The van der Waals surface area contributed by atoms with Crippen molar-refractivity contribution in [3.05, 3.63) is 185 Å². The van der Waals surface area contributed by atoms with Crippen LogP contribution in [0.5, 0.6) is 0 Å². The molecule has 0 bridgehead atoms. The van der Waals surface area contributed by atoms with Crippen LogP contribution in [0.3, 0.4) is 0 Å². The molecule has 1 nitrogen and oxygen atoms in total. The maximum Gasteiger partial charge on any atom is 0.0742 e. The van der Waals surface area contributed by atoms with Gasteiger partial charge in [-0.2, -0.15) is 0 Å². The van der Waals surface area contributed by atoms with Gasteiger partial charge in [0.05, 0.1) is 16.8 Å². The van der Waals surface area contributed by atoms with E-state index in [1.54, 1.807) is 0 Å². The Morgan fingerprint density at radius 1 is 0.436 bits per heavy atom. The number of fused-ring (bicyclic) bond motifs is 5. The predicted molar refractivity (Wildman–Crippen MR) is 161 cm³/mol. The van der Waals surface area contributed by atoms with Crippen molar-refractivity contribution in [2.75, 3.05) is 4.90 Å². The fourth-order valence-electron chi connectivity index (χ4n) is 6.96. The van der Waals surface area contributed by atoms with Crippen molar-refractivity contribution in [3.8, 4) is 11.1 Å². The number of para-hydroxylation sites is 3. The monoisotopic (exact) mass is 497 g/mol. The zero-order chi connectivity index (χ0) is 25.8. The number of anilines is 3. The third-order valence-electron chi connectivity index (χ3n) is 8.55. The molecule has 39 heavy (non-hydrogen) atoms. The number of nitrogens with zero attached hydrogens (tertiary/aromatic N) is 1. The molecule has 8 rings (SSSR count). The second-order valence-corrected chi connectivity index (χ2v) is 10.5. The lowest BCUT2D eigenvalue weighted by Crippen LogP contribution is -2.37. The molecule has 1 aliphatic heterocycles. The van der Waals surface area contributed by atoms with E-state index in [-0.39, 0.29) is 0 Å². The summed E-state index contributed by atoms with van der Waals surface area (Å²) in [5, 5.41) is 0. The lowest BCUT2D eigenvalue weighted by atomic mass is 9.62. The fourth-order valence-corrected chi connectivity index (χ4v) is 6.96. The van der Waals surface area contributed by atoms with Crippen LogP contribution in [0.4, 0.5) is 17.1 Å². The van der Waals surface area contributed by atoms with E-state index < -0.39 is 5.41 Å². The van der Waals surface area contributed by atoms with Gasteiger partial charge in [0.2, 0.25) is 0 Å². The van der Waals surface area contributed by atoms with Crippen molar-refractivity contribution in [1.82, 2.24) is 0 Å². The maximum absolute atomic E-state index is 2.48. The highest BCUT2D eigenvalue weighted by Crippen LogP contribution is 2.58. The first-order valence-corrected chi connectivity index (χ1v) is 13.7. The molecule has 6 aromatic rings. The molecule has 0 saturated carbocycles. The molecule has 2 aliphatic rings. The SMILES string of the molecule is c1ccc(N2c3ccccc3C(c3ccccc3)(c3ccc4c(c3)Cc3ccccc3-4)c3ccccc32)cc1. The quantitative estimate of drug-likeness (QED) is 0.235. The van der Waals surface area contributed by atoms with Crippen LogP contribution in [0.25, 0.3) is 11.1 Å². The molecule has 0 fully saturated rings. The molecular formula is C38H27N. The highest BCUT2D eigenvalue weighted by Gasteiger charge is 2.46. The third kappa shape index (κ3) is 3.14. The van der Waals surface area contributed by atoms with E-state index in [1.165, 1.54) is 61.6 Å². The smallest absolute Gasteiger partial charge is 0.0742 e. The van der Waals surface area contributed by atoms with Crippen LogP contribution >= 0.6 is 0 Å². The summed E-state index contributed by atoms with van der Waals surface area (Å²) < 4.78 is 0. The Morgan fingerprint density at radius 2 is 1.00 bits per heavy atom. The van der Waals surface area contributed by atoms with Gasteiger partial charge in [-0.15, -0.1) is 0 Å². The molecule has 0 spiro atoms. The molecule has 1 heterocycles. The summed E-state index contributed by atoms with van der Waals surface area (Å²) in [5.41, 5.74) is 13.9. The van der Waals surface area contributed by atoms with Gasteiger partial charge in [0.15, 0.2) is 0 Å². The summed E-state index contributed by atoms with van der Waals surface area (Å²) >= 11 is 0. The van der Waals surface area contributed by atoms with E-state index in [4.69, 9.17) is 0 Å². The molecule has 0 atom stereocenters. The summed E-state index contributed by atoms with van der Waals surface area (Å²) in [5.74, 6) is 0. The minimum absolute atomic E-state index is 0.455. The van der Waals surface area contributed by atoms with E-state index >= 15 is 0 Å². The normalized spacial score (nSPS) is 14.2. The molecule has 0 N–H and O–H groups in total. The van der Waals surface area contributed by atoms with Gasteiger partial charge in [-0.3, -0.25) is 0 Å². The fraction of sp³-hybridized carbons (Fsp3) is 0.0526. The van der Waals surface area contributed by atoms with E-state index in [0.29, 0.717) is 0 Å². The van der Waals surface area contributed by atoms with Gasteiger partial charge in [0.1, 0.15) is 0 Å². The second kappa shape index (κ2) is 8.58. The highest BCUT2D eigenvalue weighted by molar-refractivity contribution is 5.89. The van der Waals surface area contributed by atoms with E-state index in [0.717, 1.165) is 6.42 Å². The third-order valence-corrected chi connectivity index (χ3v) is 8.55. The standard InChI is InChI=1S/C38H27N/c1-3-14-29(15-4-1)38(30-23-24-33-28(26-30)25-27-13-7-8-18-32(27)33)34-19-9-11-21-36(34)39(31-16-5-2-6-17-31)37-22-12-10-20-35(37)38/h1-24,26H,25H2. The highest BCUT2D eigenvalue weighted by atomic mass is 15.2. The van der Waals surface area contributed by atoms with Crippen molar-refractivity contribution in [2.24, 2.45) is 0 Å². The largest absolute Gasteiger partial charge is 0.310 e. The summed E-state index contributed by atoms with van der Waals surface area (Å²) in [6, 6.07) is 55.8. The lowest BCUT2D eigenvalue weighted by molar-refractivity contribution is 0.730. The maximum atomic E-state index is 2.48. The molecule has 1 heteroatoms. The molecule has 0 amide bonds. The second-order valence-electron chi connectivity index (χ2n) is 10.5. The Hall–Kier alpha value is -4.88. The van der Waals surface area contributed by atoms with Gasteiger partial charge in [-0.1, -0.05) is 127 Å². The lowest BCUT2D eigenvalue weighted by Gasteiger charge is -2.46. The Balaban J connectivity index is 1.47. The van der Waals surface area contributed by atoms with Gasteiger partial charge >= 0.3 is 0 Å². The molecule has 0 unspecified atom stereocenters. The molecule has 184 valence electrons. The van der Waals surface area contributed by atoms with Gasteiger partial charge < -0.3 is 4.90 Å². The summed E-state index contributed by atoms with van der Waals surface area (Å²) in [6.45, 7) is 0. The van der Waals surface area contributed by atoms with Crippen LogP contribution < -0.4 is 4.90 Å². The number of rotatable bonds is 3. The van der Waals surface area contributed by atoms with E-state index in [9.17, 15) is 0 Å². The van der Waals surface area contributed by atoms with Crippen molar-refractivity contribution >= 4 is 17.1 Å². The average molecular weight is 498 g/mol. The summed E-state index contributed by atoms with van der Waals surface area (Å²) in [4.78, 5) is 2.43. The van der Waals surface area contributed by atoms with Crippen LogP contribution in [0.1, 0.15) is 33.4 Å². The first-order chi connectivity index (χ1) is 19.4. The van der Waals surface area contributed by atoms with Crippen molar-refractivity contribution in [3.63, 3.8) is 0 Å². The van der Waals surface area contributed by atoms with Crippen LogP contribution in [0, 0.1) is 0 Å². The van der Waals surface area contributed by atoms with Crippen LogP contribution in [0.15, 0.2) is 152 Å². The Bertz CT molecular complexity index is 1790. The average Bonchev–Trinajstić information content (AvgIpc) is 3.39. The summed E-state index contributed by atoms with van der Waals surface area (Å²) in [7, 11) is 0. The first-order valence-electron chi connectivity index (χ1n) is 13.7. The van der Waals surface area contributed by atoms with Crippen LogP contribution in [0.2, 0.25) is 0 Å². The van der Waals surface area contributed by atoms with E-state index in [1.807, 2.05) is 0 Å². The van der Waals surface area contributed by atoms with Crippen molar-refractivity contribution in [1.29, 1.82) is 0 Å². The van der Waals surface area contributed by atoms with Gasteiger partial charge in [0, 0.05) is 5.69 Å². The van der Waals surface area contributed by atoms with Gasteiger partial charge in [-0.25, -0.2) is 0 Å². The van der Waals surface area contributed by atoms with E-state index in [2.05, 4.69) is 157 Å². The number of hydrogen-bond acceptors (Lipinski definition) is 1. The Kier molecular flexibility index (Phi) is 4.87. The van der Waals surface area contributed by atoms with Crippen LogP contribution in [-0.4, -0.2) is 0 Å². The molecule has 0 saturated heterocycles. The predicted octanol–water partition coefficient (Wildman–Crippen LogP) is 9.42. The molecule has 6 aromatic carbocycles. The molecule has 1 aliphatic carbocycles. The van der Waals surface area contributed by atoms with Gasteiger partial charge in [0.25, 0.3) is 0 Å². The number of benzene rings is 6. The summed E-state index contributed by atoms with van der Waals surface area (Å²) in [6.07, 6.45) is 0.976. The zero-order valence-corrected chi connectivity index (χ0v) is 21.6. The van der Waals surface area contributed by atoms with Gasteiger partial charge in [-0.05, 0) is 75.2 Å². The number of hydrogen-bond donors (Lipinski definition) is 0. The molecule has 0 radical (unpaired) electrons. The Labute approximate surface area is 229 Å². The minimum atomic E-state index is -0.455. The zero-order valence-electron chi connectivity index (χ0n) is 21.6. The minimum Gasteiger partial charge on any atom is -0.310 e. The van der Waals surface area contributed by atoms with Crippen molar-refractivity contribution in [2.45, 2.75) is 11.8 Å². The Morgan fingerprint density at radius 3 is 1.72 bits per heavy atom. The first kappa shape index (κ1) is 22.1. The van der Waals surface area contributed by atoms with Crippen molar-refractivity contribution < 1.29 is 0 Å².